The molecular weight excluding hydrogens is 454 g/mol. The number of halogens is 1. The Morgan fingerprint density at radius 1 is 1.23 bits per heavy atom. The second-order valence-corrected chi connectivity index (χ2v) is 9.77. The maximum atomic E-state index is 13.5. The summed E-state index contributed by atoms with van der Waals surface area (Å²) in [5, 5.41) is 14.7. The minimum atomic E-state index is -0.973. The van der Waals surface area contributed by atoms with Crippen LogP contribution in [0.2, 0.25) is 0 Å². The van der Waals surface area contributed by atoms with Gasteiger partial charge in [-0.2, -0.15) is 0 Å². The molecule has 3 unspecified atom stereocenters. The van der Waals surface area contributed by atoms with Crippen molar-refractivity contribution in [2.24, 2.45) is 11.8 Å². The Hall–Kier alpha value is -1.19. The van der Waals surface area contributed by atoms with E-state index in [9.17, 15) is 14.4 Å². The van der Waals surface area contributed by atoms with E-state index in [2.05, 4.69) is 33.5 Å². The molecule has 3 aliphatic heterocycles. The van der Waals surface area contributed by atoms with E-state index in [1.54, 1.807) is 11.9 Å². The Kier molecular flexibility index (Phi) is 7.79. The van der Waals surface area contributed by atoms with Gasteiger partial charge in [0.15, 0.2) is 0 Å². The first-order valence-electron chi connectivity index (χ1n) is 11.2. The Morgan fingerprint density at radius 3 is 2.67 bits per heavy atom. The second-order valence-electron chi connectivity index (χ2n) is 8.59. The highest BCUT2D eigenvalue weighted by Crippen LogP contribution is 2.59. The number of carbonyl (C=O) groups is 3. The molecule has 0 aliphatic carbocycles. The number of rotatable bonds is 11. The number of aliphatic hydroxyl groups excluding tert-OH is 1. The molecule has 0 aromatic heterocycles. The molecular formula is C21H34BrN3O5. The smallest absolute Gasteiger partial charge is 0.245 e. The molecule has 9 heteroatoms. The third kappa shape index (κ3) is 4.00. The molecule has 3 N–H and O–H groups in total. The lowest BCUT2D eigenvalue weighted by Gasteiger charge is -2.34. The summed E-state index contributed by atoms with van der Waals surface area (Å²) in [5.74, 6) is -1.81. The number of ether oxygens (including phenoxy) is 1. The fourth-order valence-electron chi connectivity index (χ4n) is 5.39. The number of alkyl halides is 1. The first-order valence-corrected chi connectivity index (χ1v) is 12.1. The van der Waals surface area contributed by atoms with Crippen molar-refractivity contribution in [2.75, 3.05) is 26.7 Å². The Morgan fingerprint density at radius 2 is 2.00 bits per heavy atom. The van der Waals surface area contributed by atoms with Crippen LogP contribution in [0.1, 0.15) is 51.9 Å². The zero-order valence-electron chi connectivity index (χ0n) is 17.9. The molecule has 1 spiro atoms. The van der Waals surface area contributed by atoms with Crippen molar-refractivity contribution < 1.29 is 24.2 Å². The molecule has 170 valence electrons. The lowest BCUT2D eigenvalue weighted by atomic mass is 9.70. The average molecular weight is 488 g/mol. The van der Waals surface area contributed by atoms with Gasteiger partial charge in [0.05, 0.1) is 17.9 Å². The van der Waals surface area contributed by atoms with E-state index < -0.39 is 29.6 Å². The quantitative estimate of drug-likeness (QED) is 0.297. The van der Waals surface area contributed by atoms with E-state index in [0.717, 1.165) is 25.7 Å². The minimum absolute atomic E-state index is 0.0754. The molecule has 3 heterocycles. The summed E-state index contributed by atoms with van der Waals surface area (Å²) in [7, 11) is 1.56. The largest absolute Gasteiger partial charge is 0.396 e. The van der Waals surface area contributed by atoms with E-state index in [0.29, 0.717) is 32.4 Å². The predicted octanol–water partition coefficient (Wildman–Crippen LogP) is 0.949. The first-order chi connectivity index (χ1) is 14.4. The molecule has 3 saturated heterocycles. The number of unbranched alkanes of at least 4 members (excludes halogenated alkanes) is 4. The van der Waals surface area contributed by atoms with Crippen LogP contribution < -0.4 is 10.6 Å². The summed E-state index contributed by atoms with van der Waals surface area (Å²) in [5.41, 5.74) is -0.973. The zero-order chi connectivity index (χ0) is 21.9. The molecule has 3 rings (SSSR count). The van der Waals surface area contributed by atoms with Gasteiger partial charge >= 0.3 is 0 Å². The van der Waals surface area contributed by atoms with Gasteiger partial charge in [0.1, 0.15) is 11.6 Å². The van der Waals surface area contributed by atoms with Crippen LogP contribution in [0.15, 0.2) is 0 Å². The standard InChI is InChI=1S/C21H34BrN3O5/c1-3-4-6-9-24-19(28)17-21-12-13(22)16(30-21)14(18(27)23-2)15(21)20(29)25(17)10-7-5-8-11-26/h13-17,26H,3-12H2,1-2H3,(H,23,27)(H,24,28)/t13?,14-,15+,16-,17?,21?/m1/s1. The number of nitrogens with one attached hydrogen (secondary N) is 2. The van der Waals surface area contributed by atoms with Crippen molar-refractivity contribution in [3.05, 3.63) is 0 Å². The van der Waals surface area contributed by atoms with Crippen molar-refractivity contribution in [1.29, 1.82) is 0 Å². The maximum absolute atomic E-state index is 13.5. The van der Waals surface area contributed by atoms with Gasteiger partial charge < -0.3 is 25.4 Å². The van der Waals surface area contributed by atoms with Crippen molar-refractivity contribution in [3.63, 3.8) is 0 Å². The SMILES string of the molecule is CCCCCNC(=O)C1N(CCCCCO)C(=O)[C@@H]2[C@@H](C(=O)NC)[C@@H]3OC12CC3Br. The second kappa shape index (κ2) is 9.96. The van der Waals surface area contributed by atoms with Crippen LogP contribution >= 0.6 is 15.9 Å². The summed E-state index contributed by atoms with van der Waals surface area (Å²) < 4.78 is 6.35. The van der Waals surface area contributed by atoms with Crippen molar-refractivity contribution >= 4 is 33.7 Å². The summed E-state index contributed by atoms with van der Waals surface area (Å²) in [6.07, 6.45) is 5.22. The summed E-state index contributed by atoms with van der Waals surface area (Å²) in [6, 6.07) is -0.731. The highest BCUT2D eigenvalue weighted by molar-refractivity contribution is 9.09. The van der Waals surface area contributed by atoms with Crippen LogP contribution in [-0.2, 0) is 19.1 Å². The fourth-order valence-corrected chi connectivity index (χ4v) is 6.33. The molecule has 0 aromatic carbocycles. The number of fused-ring (bicyclic) bond motifs is 1. The number of aliphatic hydroxyl groups is 1. The molecule has 3 fully saturated rings. The van der Waals surface area contributed by atoms with Gasteiger partial charge in [0, 0.05) is 31.6 Å². The molecule has 3 aliphatic rings. The minimum Gasteiger partial charge on any atom is -0.396 e. The monoisotopic (exact) mass is 487 g/mol. The van der Waals surface area contributed by atoms with E-state index in [1.165, 1.54) is 0 Å². The fraction of sp³-hybridized carbons (Fsp3) is 0.857. The highest BCUT2D eigenvalue weighted by Gasteiger charge is 2.76. The number of hydrogen-bond acceptors (Lipinski definition) is 5. The molecule has 2 bridgehead atoms. The molecule has 8 nitrogen and oxygen atoms in total. The van der Waals surface area contributed by atoms with Gasteiger partial charge in [-0.25, -0.2) is 0 Å². The number of carbonyl (C=O) groups excluding carboxylic acids is 3. The van der Waals surface area contributed by atoms with Crippen LogP contribution in [0.5, 0.6) is 0 Å². The van der Waals surface area contributed by atoms with Gasteiger partial charge in [-0.05, 0) is 32.1 Å². The van der Waals surface area contributed by atoms with Gasteiger partial charge in [0.25, 0.3) is 0 Å². The van der Waals surface area contributed by atoms with E-state index >= 15 is 0 Å². The van der Waals surface area contributed by atoms with Gasteiger partial charge in [-0.15, -0.1) is 0 Å². The van der Waals surface area contributed by atoms with Crippen LogP contribution in [0.25, 0.3) is 0 Å². The molecule has 0 radical (unpaired) electrons. The van der Waals surface area contributed by atoms with Gasteiger partial charge in [0.2, 0.25) is 17.7 Å². The Labute approximate surface area is 186 Å². The summed E-state index contributed by atoms with van der Waals surface area (Å²) in [6.45, 7) is 3.20. The molecule has 0 aromatic rings. The number of amides is 3. The van der Waals surface area contributed by atoms with Crippen LogP contribution in [0.4, 0.5) is 0 Å². The third-order valence-corrected chi connectivity index (χ3v) is 7.57. The van der Waals surface area contributed by atoms with E-state index in [-0.39, 0.29) is 29.2 Å². The van der Waals surface area contributed by atoms with Crippen molar-refractivity contribution in [3.8, 4) is 0 Å². The van der Waals surface area contributed by atoms with Crippen molar-refractivity contribution in [1.82, 2.24) is 15.5 Å². The van der Waals surface area contributed by atoms with Gasteiger partial charge in [-0.3, -0.25) is 14.4 Å². The topological polar surface area (TPSA) is 108 Å². The normalized spacial score (nSPS) is 34.3. The molecule has 3 amide bonds. The number of nitrogens with zero attached hydrogens (tertiary/aromatic N) is 1. The lowest BCUT2D eigenvalue weighted by molar-refractivity contribution is -0.142. The maximum Gasteiger partial charge on any atom is 0.245 e. The molecule has 6 atom stereocenters. The van der Waals surface area contributed by atoms with Crippen LogP contribution in [0, 0.1) is 11.8 Å². The lowest BCUT2D eigenvalue weighted by Crippen LogP contribution is -2.56. The number of hydrogen-bond donors (Lipinski definition) is 3. The van der Waals surface area contributed by atoms with Crippen LogP contribution in [0.3, 0.4) is 0 Å². The summed E-state index contributed by atoms with van der Waals surface area (Å²) >= 11 is 3.63. The Balaban J connectivity index is 1.86. The Bertz CT molecular complexity index is 663. The van der Waals surface area contributed by atoms with E-state index in [4.69, 9.17) is 9.84 Å². The molecule has 30 heavy (non-hydrogen) atoms. The van der Waals surface area contributed by atoms with Crippen molar-refractivity contribution in [2.45, 2.75) is 74.4 Å². The average Bonchev–Trinajstić information content (AvgIpc) is 3.31. The van der Waals surface area contributed by atoms with E-state index in [1.807, 2.05) is 0 Å². The van der Waals surface area contributed by atoms with Gasteiger partial charge in [-0.1, -0.05) is 35.7 Å². The summed E-state index contributed by atoms with van der Waals surface area (Å²) in [4.78, 5) is 41.0. The zero-order valence-corrected chi connectivity index (χ0v) is 19.4. The predicted molar refractivity (Wildman–Crippen MR) is 115 cm³/mol. The number of likely N-dealkylation sites (tertiary alicyclic amines) is 1. The van der Waals surface area contributed by atoms with Crippen LogP contribution in [-0.4, -0.2) is 77.0 Å². The highest BCUT2D eigenvalue weighted by atomic mass is 79.9. The third-order valence-electron chi connectivity index (χ3n) is 6.72. The molecule has 0 saturated carbocycles. The first kappa shape index (κ1) is 23.5.